The second-order valence-electron chi connectivity index (χ2n) is 6.93. The molecule has 0 saturated carbocycles. The van der Waals surface area contributed by atoms with Gasteiger partial charge in [-0.05, 0) is 61.0 Å². The highest BCUT2D eigenvalue weighted by molar-refractivity contribution is 5.99. The number of nitrogens with two attached hydrogens (primary N) is 1. The fraction of sp³-hybridized carbons (Fsp3) is 0.0833. The van der Waals surface area contributed by atoms with Crippen LogP contribution in [0.15, 0.2) is 79.1 Å². The smallest absolute Gasteiger partial charge is 0.323 e. The maximum Gasteiger partial charge on any atom is 0.323 e. The minimum Gasteiger partial charge on any atom is -0.438 e. The molecule has 0 unspecified atom stereocenters. The molecule has 0 saturated heterocycles. The molecule has 2 aromatic heterocycles. The Morgan fingerprint density at radius 1 is 1.00 bits per heavy atom. The fourth-order valence-electron chi connectivity index (χ4n) is 3.31. The summed E-state index contributed by atoms with van der Waals surface area (Å²) in [6.45, 7) is 1.89. The largest absolute Gasteiger partial charge is 0.438 e. The lowest BCUT2D eigenvalue weighted by molar-refractivity contribution is 0.256. The van der Waals surface area contributed by atoms with Gasteiger partial charge in [-0.1, -0.05) is 18.2 Å². The second kappa shape index (κ2) is 9.13. The predicted molar refractivity (Wildman–Crippen MR) is 124 cm³/mol. The van der Waals surface area contributed by atoms with Gasteiger partial charge in [0.2, 0.25) is 11.8 Å². The van der Waals surface area contributed by atoms with Gasteiger partial charge in [-0.25, -0.2) is 19.7 Å². The van der Waals surface area contributed by atoms with Crippen LogP contribution in [-0.4, -0.2) is 28.0 Å². The SMILES string of the molecule is CNc1nccc(-c2cccnc2Oc2ccc(N(C(N)=O)c3ccccc3)c(C)c2)n1. The number of amides is 2. The summed E-state index contributed by atoms with van der Waals surface area (Å²) in [4.78, 5) is 26.6. The third kappa shape index (κ3) is 4.34. The molecule has 0 bridgehead atoms. The third-order valence-electron chi connectivity index (χ3n) is 4.78. The summed E-state index contributed by atoms with van der Waals surface area (Å²) in [5, 5.41) is 2.93. The molecule has 4 rings (SSSR count). The molecule has 160 valence electrons. The van der Waals surface area contributed by atoms with Crippen LogP contribution in [0.25, 0.3) is 11.3 Å². The highest BCUT2D eigenvalue weighted by atomic mass is 16.5. The van der Waals surface area contributed by atoms with E-state index < -0.39 is 6.03 Å². The van der Waals surface area contributed by atoms with Crippen molar-refractivity contribution in [1.29, 1.82) is 0 Å². The van der Waals surface area contributed by atoms with Crippen molar-refractivity contribution in [2.45, 2.75) is 6.92 Å². The number of aromatic nitrogens is 3. The Kier molecular flexibility index (Phi) is 5.94. The van der Waals surface area contributed by atoms with E-state index in [-0.39, 0.29) is 0 Å². The molecular weight excluding hydrogens is 404 g/mol. The molecular formula is C24H22N6O2. The molecule has 0 aliphatic rings. The van der Waals surface area contributed by atoms with Gasteiger partial charge in [0, 0.05) is 19.4 Å². The number of nitrogens with one attached hydrogen (secondary N) is 1. The minimum absolute atomic E-state index is 0.412. The first-order valence-electron chi connectivity index (χ1n) is 9.96. The number of anilines is 3. The fourth-order valence-corrected chi connectivity index (χ4v) is 3.31. The zero-order valence-electron chi connectivity index (χ0n) is 17.7. The lowest BCUT2D eigenvalue weighted by atomic mass is 10.1. The number of para-hydroxylation sites is 1. The number of urea groups is 1. The molecule has 4 aromatic rings. The van der Waals surface area contributed by atoms with Crippen molar-refractivity contribution < 1.29 is 9.53 Å². The van der Waals surface area contributed by atoms with E-state index in [4.69, 9.17) is 10.5 Å². The van der Waals surface area contributed by atoms with E-state index in [0.29, 0.717) is 34.6 Å². The van der Waals surface area contributed by atoms with E-state index in [2.05, 4.69) is 20.3 Å². The van der Waals surface area contributed by atoms with E-state index in [1.54, 1.807) is 37.6 Å². The molecule has 0 radical (unpaired) electrons. The number of primary amides is 1. The zero-order valence-corrected chi connectivity index (χ0v) is 17.7. The van der Waals surface area contributed by atoms with E-state index in [1.807, 2.05) is 55.5 Å². The lowest BCUT2D eigenvalue weighted by Crippen LogP contribution is -2.31. The molecule has 32 heavy (non-hydrogen) atoms. The quantitative estimate of drug-likeness (QED) is 0.454. The van der Waals surface area contributed by atoms with E-state index in [9.17, 15) is 4.79 Å². The van der Waals surface area contributed by atoms with Gasteiger partial charge < -0.3 is 15.8 Å². The first-order chi connectivity index (χ1) is 15.6. The molecule has 0 aliphatic carbocycles. The van der Waals surface area contributed by atoms with Gasteiger partial charge >= 0.3 is 6.03 Å². The summed E-state index contributed by atoms with van der Waals surface area (Å²) in [7, 11) is 1.76. The number of rotatable bonds is 6. The molecule has 0 atom stereocenters. The van der Waals surface area contributed by atoms with Gasteiger partial charge in [-0.2, -0.15) is 0 Å². The third-order valence-corrected chi connectivity index (χ3v) is 4.78. The van der Waals surface area contributed by atoms with E-state index >= 15 is 0 Å². The Labute approximate surface area is 185 Å². The van der Waals surface area contributed by atoms with Crippen LogP contribution in [0.2, 0.25) is 0 Å². The average molecular weight is 426 g/mol. The van der Waals surface area contributed by atoms with Crippen LogP contribution >= 0.6 is 0 Å². The molecule has 8 heteroatoms. The summed E-state index contributed by atoms with van der Waals surface area (Å²) in [6, 6.07) is 19.6. The Balaban J connectivity index is 1.66. The number of pyridine rings is 1. The van der Waals surface area contributed by atoms with Gasteiger partial charge in [0.1, 0.15) is 5.75 Å². The van der Waals surface area contributed by atoms with Crippen molar-refractivity contribution in [2.75, 3.05) is 17.3 Å². The van der Waals surface area contributed by atoms with Gasteiger partial charge in [-0.15, -0.1) is 0 Å². The molecule has 2 aromatic carbocycles. The zero-order chi connectivity index (χ0) is 22.5. The maximum atomic E-state index is 12.2. The van der Waals surface area contributed by atoms with Crippen LogP contribution in [0, 0.1) is 6.92 Å². The highest BCUT2D eigenvalue weighted by Crippen LogP contribution is 2.34. The summed E-state index contributed by atoms with van der Waals surface area (Å²) in [5.74, 6) is 1.49. The van der Waals surface area contributed by atoms with Crippen molar-refractivity contribution in [1.82, 2.24) is 15.0 Å². The van der Waals surface area contributed by atoms with Gasteiger partial charge in [0.15, 0.2) is 0 Å². The Morgan fingerprint density at radius 3 is 2.53 bits per heavy atom. The van der Waals surface area contributed by atoms with Gasteiger partial charge in [-0.3, -0.25) is 4.90 Å². The number of nitrogens with zero attached hydrogens (tertiary/aromatic N) is 4. The number of carbonyl (C=O) groups excluding carboxylic acids is 1. The second-order valence-corrected chi connectivity index (χ2v) is 6.93. The number of hydrogen-bond donors (Lipinski definition) is 2. The Morgan fingerprint density at radius 2 is 1.81 bits per heavy atom. The van der Waals surface area contributed by atoms with Gasteiger partial charge in [0.25, 0.3) is 0 Å². The van der Waals surface area contributed by atoms with Crippen LogP contribution in [-0.2, 0) is 0 Å². The van der Waals surface area contributed by atoms with Crippen molar-refractivity contribution >= 4 is 23.4 Å². The normalized spacial score (nSPS) is 10.4. The molecule has 3 N–H and O–H groups in total. The summed E-state index contributed by atoms with van der Waals surface area (Å²) in [5.41, 5.74) is 9.27. The molecule has 0 fully saturated rings. The van der Waals surface area contributed by atoms with Crippen LogP contribution in [0.3, 0.4) is 0 Å². The van der Waals surface area contributed by atoms with E-state index in [0.717, 1.165) is 11.1 Å². The van der Waals surface area contributed by atoms with Gasteiger partial charge in [0.05, 0.1) is 22.6 Å². The van der Waals surface area contributed by atoms with Crippen molar-refractivity contribution in [3.8, 4) is 22.9 Å². The predicted octanol–water partition coefficient (Wildman–Crippen LogP) is 4.90. The van der Waals surface area contributed by atoms with Crippen molar-refractivity contribution in [2.24, 2.45) is 5.73 Å². The van der Waals surface area contributed by atoms with Crippen LogP contribution in [0.4, 0.5) is 22.1 Å². The first-order valence-corrected chi connectivity index (χ1v) is 9.96. The standard InChI is InChI=1S/C24H22N6O2/c1-16-15-18(10-11-21(16)30(23(25)31)17-7-4-3-5-8-17)32-22-19(9-6-13-27-22)20-12-14-28-24(26-2)29-20/h3-15H,1-2H3,(H2,25,31)(H,26,28,29). The van der Waals surface area contributed by atoms with Crippen LogP contribution in [0.5, 0.6) is 11.6 Å². The summed E-state index contributed by atoms with van der Waals surface area (Å²) in [6.07, 6.45) is 3.33. The van der Waals surface area contributed by atoms with Crippen LogP contribution < -0.4 is 20.7 Å². The number of aryl methyl sites for hydroxylation is 1. The highest BCUT2D eigenvalue weighted by Gasteiger charge is 2.18. The van der Waals surface area contributed by atoms with Crippen LogP contribution in [0.1, 0.15) is 5.56 Å². The number of carbonyl (C=O) groups is 1. The lowest BCUT2D eigenvalue weighted by Gasteiger charge is -2.23. The minimum atomic E-state index is -0.566. The van der Waals surface area contributed by atoms with Crippen molar-refractivity contribution in [3.63, 3.8) is 0 Å². The molecule has 2 heterocycles. The molecule has 8 nitrogen and oxygen atoms in total. The van der Waals surface area contributed by atoms with Crippen molar-refractivity contribution in [3.05, 3.63) is 84.7 Å². The number of ether oxygens (including phenoxy) is 1. The average Bonchev–Trinajstić information content (AvgIpc) is 2.81. The maximum absolute atomic E-state index is 12.2. The number of hydrogen-bond acceptors (Lipinski definition) is 6. The molecule has 0 spiro atoms. The number of benzene rings is 2. The Hall–Kier alpha value is -4.46. The molecule has 0 aliphatic heterocycles. The molecule has 2 amide bonds. The summed E-state index contributed by atoms with van der Waals surface area (Å²) < 4.78 is 6.09. The monoisotopic (exact) mass is 426 g/mol. The topological polar surface area (TPSA) is 106 Å². The first kappa shape index (κ1) is 20.8. The Bertz CT molecular complexity index is 1250. The summed E-state index contributed by atoms with van der Waals surface area (Å²) >= 11 is 0. The van der Waals surface area contributed by atoms with E-state index in [1.165, 1.54) is 4.90 Å².